The molecule has 0 aliphatic heterocycles. The summed E-state index contributed by atoms with van der Waals surface area (Å²) >= 11 is 0. The molecule has 0 aliphatic rings. The summed E-state index contributed by atoms with van der Waals surface area (Å²) in [6, 6.07) is 0. The molecule has 1 N–H and O–H groups in total. The monoisotopic (exact) mass is 201 g/mol. The van der Waals surface area contributed by atoms with Gasteiger partial charge in [0, 0.05) is 6.61 Å². The highest BCUT2D eigenvalue weighted by Crippen LogP contribution is 2.03. The number of ether oxygens (including phenoxy) is 1. The van der Waals surface area contributed by atoms with Crippen LogP contribution in [0.4, 0.5) is 0 Å². The van der Waals surface area contributed by atoms with Gasteiger partial charge in [0.25, 0.3) is 0 Å². The van der Waals surface area contributed by atoms with E-state index in [4.69, 9.17) is 4.74 Å². The molecular weight excluding hydrogens is 174 g/mol. The second-order valence-corrected chi connectivity index (χ2v) is 3.88. The third kappa shape index (κ3) is 10.0. The Hall–Kier alpha value is -0.0800. The van der Waals surface area contributed by atoms with E-state index in [1.807, 2.05) is 0 Å². The molecule has 0 rings (SSSR count). The van der Waals surface area contributed by atoms with Crippen LogP contribution in [-0.4, -0.2) is 25.8 Å². The first-order chi connectivity index (χ1) is 6.81. The van der Waals surface area contributed by atoms with Crippen LogP contribution in [0.25, 0.3) is 0 Å². The van der Waals surface area contributed by atoms with Crippen LogP contribution >= 0.6 is 0 Å². The van der Waals surface area contributed by atoms with Gasteiger partial charge in [-0.2, -0.15) is 0 Å². The van der Waals surface area contributed by atoms with Crippen LogP contribution in [0.15, 0.2) is 0 Å². The van der Waals surface area contributed by atoms with Crippen molar-refractivity contribution in [3.8, 4) is 0 Å². The molecule has 0 saturated heterocycles. The standard InChI is InChI=1S/C12H27NO/c1-4-6-7-11-14-12(3)9-8-10-13-5-2/h12-13H,4-11H2,1-3H3. The molecule has 0 bridgehead atoms. The van der Waals surface area contributed by atoms with Crippen LogP contribution in [-0.2, 0) is 4.74 Å². The molecule has 2 nitrogen and oxygen atoms in total. The van der Waals surface area contributed by atoms with Crippen LogP contribution in [0, 0.1) is 0 Å². The van der Waals surface area contributed by atoms with Crippen LogP contribution in [0.5, 0.6) is 0 Å². The van der Waals surface area contributed by atoms with Crippen molar-refractivity contribution in [2.24, 2.45) is 0 Å². The van der Waals surface area contributed by atoms with Crippen LogP contribution < -0.4 is 5.32 Å². The molecule has 0 spiro atoms. The minimum atomic E-state index is 0.436. The van der Waals surface area contributed by atoms with E-state index in [1.54, 1.807) is 0 Å². The molecule has 86 valence electrons. The number of rotatable bonds is 10. The lowest BCUT2D eigenvalue weighted by molar-refractivity contribution is 0.0564. The van der Waals surface area contributed by atoms with Gasteiger partial charge in [-0.05, 0) is 39.3 Å². The molecule has 0 aromatic rings. The fourth-order valence-electron chi connectivity index (χ4n) is 1.41. The van der Waals surface area contributed by atoms with Gasteiger partial charge in [0.2, 0.25) is 0 Å². The van der Waals surface area contributed by atoms with Crippen molar-refractivity contribution < 1.29 is 4.74 Å². The van der Waals surface area contributed by atoms with Crippen molar-refractivity contribution in [3.05, 3.63) is 0 Å². The zero-order valence-electron chi connectivity index (χ0n) is 10.1. The zero-order chi connectivity index (χ0) is 10.6. The Morgan fingerprint density at radius 1 is 1.14 bits per heavy atom. The maximum atomic E-state index is 5.70. The number of hydrogen-bond acceptors (Lipinski definition) is 2. The summed E-state index contributed by atoms with van der Waals surface area (Å²) in [4.78, 5) is 0. The lowest BCUT2D eigenvalue weighted by Crippen LogP contribution is -2.17. The van der Waals surface area contributed by atoms with Crippen molar-refractivity contribution in [1.29, 1.82) is 0 Å². The molecule has 0 saturated carbocycles. The maximum absolute atomic E-state index is 5.70. The molecule has 14 heavy (non-hydrogen) atoms. The largest absolute Gasteiger partial charge is 0.379 e. The fourth-order valence-corrected chi connectivity index (χ4v) is 1.41. The molecular formula is C12H27NO. The molecule has 0 heterocycles. The third-order valence-electron chi connectivity index (χ3n) is 2.36. The summed E-state index contributed by atoms with van der Waals surface area (Å²) in [5, 5.41) is 3.32. The van der Waals surface area contributed by atoms with Gasteiger partial charge in [-0.1, -0.05) is 26.7 Å². The minimum absolute atomic E-state index is 0.436. The second kappa shape index (κ2) is 11.0. The molecule has 0 aromatic heterocycles. The van der Waals surface area contributed by atoms with Crippen LogP contribution in [0.1, 0.15) is 52.9 Å². The molecule has 1 unspecified atom stereocenters. The summed E-state index contributed by atoms with van der Waals surface area (Å²) < 4.78 is 5.70. The molecule has 0 aliphatic carbocycles. The normalized spacial score (nSPS) is 13.1. The Balaban J connectivity index is 3.07. The fraction of sp³-hybridized carbons (Fsp3) is 1.00. The Kier molecular flexibility index (Phi) is 10.9. The van der Waals surface area contributed by atoms with Gasteiger partial charge >= 0.3 is 0 Å². The average molecular weight is 201 g/mol. The molecule has 0 fully saturated rings. The molecule has 0 amide bonds. The first-order valence-electron chi connectivity index (χ1n) is 6.13. The van der Waals surface area contributed by atoms with Crippen LogP contribution in [0.3, 0.4) is 0 Å². The summed E-state index contributed by atoms with van der Waals surface area (Å²) in [5.41, 5.74) is 0. The molecule has 1 atom stereocenters. The lowest BCUT2D eigenvalue weighted by atomic mass is 10.2. The minimum Gasteiger partial charge on any atom is -0.379 e. The van der Waals surface area contributed by atoms with E-state index in [9.17, 15) is 0 Å². The van der Waals surface area contributed by atoms with Gasteiger partial charge in [-0.25, -0.2) is 0 Å². The van der Waals surface area contributed by atoms with Crippen molar-refractivity contribution in [2.45, 2.75) is 59.0 Å². The highest BCUT2D eigenvalue weighted by molar-refractivity contribution is 4.53. The second-order valence-electron chi connectivity index (χ2n) is 3.88. The summed E-state index contributed by atoms with van der Waals surface area (Å²) in [5.74, 6) is 0. The summed E-state index contributed by atoms with van der Waals surface area (Å²) in [6.07, 6.45) is 6.63. The number of unbranched alkanes of at least 4 members (excludes halogenated alkanes) is 2. The Bertz CT molecular complexity index is 94.5. The Morgan fingerprint density at radius 2 is 1.93 bits per heavy atom. The summed E-state index contributed by atoms with van der Waals surface area (Å²) in [7, 11) is 0. The highest BCUT2D eigenvalue weighted by Gasteiger charge is 2.00. The Labute approximate surface area is 89.4 Å². The van der Waals surface area contributed by atoms with E-state index >= 15 is 0 Å². The van der Waals surface area contributed by atoms with E-state index < -0.39 is 0 Å². The van der Waals surface area contributed by atoms with E-state index in [1.165, 1.54) is 32.1 Å². The van der Waals surface area contributed by atoms with Crippen molar-refractivity contribution in [3.63, 3.8) is 0 Å². The first-order valence-corrected chi connectivity index (χ1v) is 6.13. The average Bonchev–Trinajstić information content (AvgIpc) is 2.19. The maximum Gasteiger partial charge on any atom is 0.0547 e. The van der Waals surface area contributed by atoms with E-state index in [2.05, 4.69) is 26.1 Å². The van der Waals surface area contributed by atoms with Gasteiger partial charge in [0.05, 0.1) is 6.10 Å². The number of nitrogens with one attached hydrogen (secondary N) is 1. The van der Waals surface area contributed by atoms with Crippen molar-refractivity contribution >= 4 is 0 Å². The third-order valence-corrected chi connectivity index (χ3v) is 2.36. The zero-order valence-corrected chi connectivity index (χ0v) is 10.1. The van der Waals surface area contributed by atoms with Gasteiger partial charge in [0.15, 0.2) is 0 Å². The predicted molar refractivity (Wildman–Crippen MR) is 62.7 cm³/mol. The van der Waals surface area contributed by atoms with E-state index in [-0.39, 0.29) is 0 Å². The lowest BCUT2D eigenvalue weighted by Gasteiger charge is -2.12. The first kappa shape index (κ1) is 13.9. The highest BCUT2D eigenvalue weighted by atomic mass is 16.5. The van der Waals surface area contributed by atoms with Crippen molar-refractivity contribution in [2.75, 3.05) is 19.7 Å². The topological polar surface area (TPSA) is 21.3 Å². The van der Waals surface area contributed by atoms with E-state index in [0.29, 0.717) is 6.10 Å². The van der Waals surface area contributed by atoms with Gasteiger partial charge in [-0.3, -0.25) is 0 Å². The van der Waals surface area contributed by atoms with Gasteiger partial charge in [0.1, 0.15) is 0 Å². The SMILES string of the molecule is CCCCCOC(C)CCCNCC. The van der Waals surface area contributed by atoms with Crippen molar-refractivity contribution in [1.82, 2.24) is 5.32 Å². The van der Waals surface area contributed by atoms with Gasteiger partial charge in [-0.15, -0.1) is 0 Å². The summed E-state index contributed by atoms with van der Waals surface area (Å²) in [6.45, 7) is 9.68. The molecule has 2 heteroatoms. The van der Waals surface area contributed by atoms with Crippen LogP contribution in [0.2, 0.25) is 0 Å². The molecule has 0 aromatic carbocycles. The Morgan fingerprint density at radius 3 is 2.57 bits per heavy atom. The smallest absolute Gasteiger partial charge is 0.0547 e. The predicted octanol–water partition coefficient (Wildman–Crippen LogP) is 2.97. The van der Waals surface area contributed by atoms with Gasteiger partial charge < -0.3 is 10.1 Å². The quantitative estimate of drug-likeness (QED) is 0.549. The number of hydrogen-bond donors (Lipinski definition) is 1. The van der Waals surface area contributed by atoms with E-state index in [0.717, 1.165) is 19.7 Å². The molecule has 0 radical (unpaired) electrons.